The van der Waals surface area contributed by atoms with E-state index in [1.54, 1.807) is 7.11 Å². The summed E-state index contributed by atoms with van der Waals surface area (Å²) < 4.78 is 12.0. The van der Waals surface area contributed by atoms with Crippen LogP contribution >= 0.6 is 0 Å². The van der Waals surface area contributed by atoms with Gasteiger partial charge in [0.25, 0.3) is 0 Å². The van der Waals surface area contributed by atoms with Crippen molar-refractivity contribution < 1.29 is 9.47 Å². The third-order valence-corrected chi connectivity index (χ3v) is 7.96. The molecule has 37 heavy (non-hydrogen) atoms. The molecule has 0 amide bonds. The second-order valence-electron chi connectivity index (χ2n) is 11.1. The van der Waals surface area contributed by atoms with Crippen LogP contribution in [0.25, 0.3) is 10.9 Å². The third kappa shape index (κ3) is 7.93. The molecule has 7 nitrogen and oxygen atoms in total. The van der Waals surface area contributed by atoms with Crippen molar-refractivity contribution in [3.8, 4) is 11.5 Å². The molecule has 4 rings (SSSR count). The SMILES string of the molecule is CCCCCCc1nc(NC2CCN(C(C)C)CC2)c2cc(OC)c(OCCCN3CCCC3)cc2n1. The molecule has 3 heterocycles. The van der Waals surface area contributed by atoms with E-state index in [0.717, 1.165) is 85.8 Å². The van der Waals surface area contributed by atoms with Gasteiger partial charge in [-0.15, -0.1) is 0 Å². The summed E-state index contributed by atoms with van der Waals surface area (Å²) >= 11 is 0. The average Bonchev–Trinajstić information content (AvgIpc) is 3.43. The molecular weight excluding hydrogens is 462 g/mol. The highest BCUT2D eigenvalue weighted by atomic mass is 16.5. The fourth-order valence-corrected chi connectivity index (χ4v) is 5.62. The standard InChI is InChI=1S/C30H49N5O2/c1-5-6-7-8-12-29-32-26-22-28(37-20-11-17-34-15-9-10-16-34)27(36-4)21-25(26)30(33-29)31-24-13-18-35(19-14-24)23(2)3/h21-24H,5-20H2,1-4H3,(H,31,32,33). The number of aromatic nitrogens is 2. The summed E-state index contributed by atoms with van der Waals surface area (Å²) in [6.07, 6.45) is 11.7. The van der Waals surface area contributed by atoms with E-state index in [-0.39, 0.29) is 0 Å². The van der Waals surface area contributed by atoms with Crippen molar-refractivity contribution in [1.29, 1.82) is 0 Å². The summed E-state index contributed by atoms with van der Waals surface area (Å²) in [6, 6.07) is 5.16. The molecule has 0 radical (unpaired) electrons. The van der Waals surface area contributed by atoms with Gasteiger partial charge in [0.15, 0.2) is 11.5 Å². The molecule has 0 atom stereocenters. The van der Waals surface area contributed by atoms with Crippen LogP contribution in [0.4, 0.5) is 5.82 Å². The number of aryl methyl sites for hydroxylation is 1. The molecule has 2 aliphatic rings. The Morgan fingerprint density at radius 3 is 2.46 bits per heavy atom. The zero-order valence-corrected chi connectivity index (χ0v) is 23.7. The van der Waals surface area contributed by atoms with Gasteiger partial charge in [-0.3, -0.25) is 0 Å². The molecule has 206 valence electrons. The molecule has 1 aromatic heterocycles. The molecule has 0 saturated carbocycles. The maximum Gasteiger partial charge on any atom is 0.163 e. The van der Waals surface area contributed by atoms with Crippen LogP contribution in [0.2, 0.25) is 0 Å². The third-order valence-electron chi connectivity index (χ3n) is 7.96. The minimum Gasteiger partial charge on any atom is -0.493 e. The number of piperidine rings is 1. The maximum absolute atomic E-state index is 6.23. The molecule has 2 saturated heterocycles. The Kier molecular flexibility index (Phi) is 10.7. The Balaban J connectivity index is 1.51. The zero-order chi connectivity index (χ0) is 26.0. The maximum atomic E-state index is 6.23. The van der Waals surface area contributed by atoms with Gasteiger partial charge in [0.05, 0.1) is 19.2 Å². The second-order valence-corrected chi connectivity index (χ2v) is 11.1. The van der Waals surface area contributed by atoms with Crippen molar-refractivity contribution in [3.63, 3.8) is 0 Å². The van der Waals surface area contributed by atoms with E-state index < -0.39 is 0 Å². The Morgan fingerprint density at radius 2 is 1.76 bits per heavy atom. The van der Waals surface area contributed by atoms with Gasteiger partial charge in [-0.05, 0) is 71.5 Å². The Hall–Kier alpha value is -2.12. The first-order valence-corrected chi connectivity index (χ1v) is 14.8. The van der Waals surface area contributed by atoms with Crippen molar-refractivity contribution in [2.24, 2.45) is 0 Å². The van der Waals surface area contributed by atoms with Crippen molar-refractivity contribution in [3.05, 3.63) is 18.0 Å². The van der Waals surface area contributed by atoms with Crippen molar-refractivity contribution >= 4 is 16.7 Å². The van der Waals surface area contributed by atoms with Crippen molar-refractivity contribution in [2.45, 2.75) is 97.1 Å². The molecule has 0 bridgehead atoms. The van der Waals surface area contributed by atoms with Gasteiger partial charge < -0.3 is 24.6 Å². The van der Waals surface area contributed by atoms with Crippen molar-refractivity contribution in [2.75, 3.05) is 51.8 Å². The summed E-state index contributed by atoms with van der Waals surface area (Å²) in [7, 11) is 1.72. The molecule has 1 aromatic carbocycles. The molecule has 7 heteroatoms. The Labute approximate surface area is 224 Å². The number of rotatable bonds is 14. The Morgan fingerprint density at radius 1 is 0.973 bits per heavy atom. The number of ether oxygens (including phenoxy) is 2. The van der Waals surface area contributed by atoms with Gasteiger partial charge in [-0.2, -0.15) is 0 Å². The first kappa shape index (κ1) is 27.9. The van der Waals surface area contributed by atoms with Crippen molar-refractivity contribution in [1.82, 2.24) is 19.8 Å². The van der Waals surface area contributed by atoms with Crippen LogP contribution in [-0.2, 0) is 6.42 Å². The van der Waals surface area contributed by atoms with E-state index in [1.807, 2.05) is 0 Å². The normalized spacial score (nSPS) is 17.6. The second kappa shape index (κ2) is 14.1. The van der Waals surface area contributed by atoms with Crippen LogP contribution in [0.1, 0.15) is 84.4 Å². The molecule has 0 aliphatic carbocycles. The van der Waals surface area contributed by atoms with E-state index in [4.69, 9.17) is 19.4 Å². The number of methoxy groups -OCH3 is 1. The Bertz CT molecular complexity index is 968. The van der Waals surface area contributed by atoms with Crippen LogP contribution in [-0.4, -0.2) is 78.3 Å². The topological polar surface area (TPSA) is 62.8 Å². The number of unbranched alkanes of at least 4 members (excludes halogenated alkanes) is 3. The largest absolute Gasteiger partial charge is 0.493 e. The number of fused-ring (bicyclic) bond motifs is 1. The minimum absolute atomic E-state index is 0.425. The summed E-state index contributed by atoms with van der Waals surface area (Å²) in [5.74, 6) is 3.40. The molecular formula is C30H49N5O2. The lowest BCUT2D eigenvalue weighted by Gasteiger charge is -2.35. The number of nitrogens with one attached hydrogen (secondary N) is 1. The fraction of sp³-hybridized carbons (Fsp3) is 0.733. The van der Waals surface area contributed by atoms with E-state index in [1.165, 1.54) is 45.2 Å². The molecule has 2 aliphatic heterocycles. The lowest BCUT2D eigenvalue weighted by atomic mass is 10.0. The predicted octanol–water partition coefficient (Wildman–Crippen LogP) is 5.91. The monoisotopic (exact) mass is 511 g/mol. The first-order chi connectivity index (χ1) is 18.1. The predicted molar refractivity (Wildman–Crippen MR) is 153 cm³/mol. The molecule has 2 fully saturated rings. The average molecular weight is 512 g/mol. The van der Waals surface area contributed by atoms with Crippen LogP contribution < -0.4 is 14.8 Å². The fourth-order valence-electron chi connectivity index (χ4n) is 5.62. The summed E-state index contributed by atoms with van der Waals surface area (Å²) in [5.41, 5.74) is 0.943. The van der Waals surface area contributed by atoms with Crippen LogP contribution in [0, 0.1) is 0 Å². The quantitative estimate of drug-likeness (QED) is 0.316. The molecule has 2 aromatic rings. The van der Waals surface area contributed by atoms with Gasteiger partial charge in [-0.25, -0.2) is 9.97 Å². The van der Waals surface area contributed by atoms with E-state index in [0.29, 0.717) is 18.7 Å². The van der Waals surface area contributed by atoms with Gasteiger partial charge >= 0.3 is 0 Å². The number of anilines is 1. The summed E-state index contributed by atoms with van der Waals surface area (Å²) in [6.45, 7) is 13.3. The highest BCUT2D eigenvalue weighted by Gasteiger charge is 2.23. The first-order valence-electron chi connectivity index (χ1n) is 14.8. The van der Waals surface area contributed by atoms with E-state index in [2.05, 4.69) is 48.0 Å². The number of hydrogen-bond donors (Lipinski definition) is 1. The highest BCUT2D eigenvalue weighted by molar-refractivity contribution is 5.92. The van der Waals surface area contributed by atoms with Crippen LogP contribution in [0.3, 0.4) is 0 Å². The smallest absolute Gasteiger partial charge is 0.163 e. The lowest BCUT2D eigenvalue weighted by Crippen LogP contribution is -2.42. The van der Waals surface area contributed by atoms with E-state index >= 15 is 0 Å². The molecule has 0 unspecified atom stereocenters. The lowest BCUT2D eigenvalue weighted by molar-refractivity contribution is 0.177. The highest BCUT2D eigenvalue weighted by Crippen LogP contribution is 2.35. The van der Waals surface area contributed by atoms with Crippen LogP contribution in [0.5, 0.6) is 11.5 Å². The summed E-state index contributed by atoms with van der Waals surface area (Å²) in [4.78, 5) is 15.1. The zero-order valence-electron chi connectivity index (χ0n) is 23.7. The number of benzene rings is 1. The van der Waals surface area contributed by atoms with Gasteiger partial charge in [0, 0.05) is 49.6 Å². The van der Waals surface area contributed by atoms with Gasteiger partial charge in [0.2, 0.25) is 0 Å². The number of hydrogen-bond acceptors (Lipinski definition) is 7. The molecule has 0 spiro atoms. The van der Waals surface area contributed by atoms with E-state index in [9.17, 15) is 0 Å². The number of nitrogens with zero attached hydrogens (tertiary/aromatic N) is 4. The summed E-state index contributed by atoms with van der Waals surface area (Å²) in [5, 5.41) is 4.82. The van der Waals surface area contributed by atoms with Gasteiger partial charge in [-0.1, -0.05) is 26.2 Å². The minimum atomic E-state index is 0.425. The number of likely N-dealkylation sites (tertiary alicyclic amines) is 2. The van der Waals surface area contributed by atoms with Gasteiger partial charge in [0.1, 0.15) is 11.6 Å². The van der Waals surface area contributed by atoms with Crippen LogP contribution in [0.15, 0.2) is 12.1 Å². The molecule has 1 N–H and O–H groups in total.